The largest absolute Gasteiger partial charge is 0.494 e. The van der Waals surface area contributed by atoms with Crippen LogP contribution in [0.5, 0.6) is 0 Å². The van der Waals surface area contributed by atoms with E-state index in [0.717, 1.165) is 53.7 Å². The van der Waals surface area contributed by atoms with Crippen molar-refractivity contribution in [3.8, 4) is 55.6 Å². The number of aromatic nitrogens is 4. The van der Waals surface area contributed by atoms with Crippen LogP contribution >= 0.6 is 39.4 Å². The number of halogens is 1. The molecule has 0 bridgehead atoms. The first-order chi connectivity index (χ1) is 46.9. The van der Waals surface area contributed by atoms with Crippen molar-refractivity contribution in [2.24, 2.45) is 0 Å². The van der Waals surface area contributed by atoms with Gasteiger partial charge in [-0.3, -0.25) is 0 Å². The molecule has 1 aliphatic heterocycles. The highest BCUT2D eigenvalue weighted by atomic mass is 79.9. The molecule has 18 aromatic rings. The highest BCUT2D eigenvalue weighted by molar-refractivity contribution is 9.10. The topological polar surface area (TPSA) is 70.0 Å². The highest BCUT2D eigenvalue weighted by Crippen LogP contribution is 2.41. The van der Waals surface area contributed by atoms with Crippen LogP contribution < -0.4 is 5.46 Å². The first-order valence-corrected chi connectivity index (χ1v) is 34.6. The Bertz CT molecular complexity index is 6100. The van der Waals surface area contributed by atoms with Crippen molar-refractivity contribution in [1.29, 1.82) is 0 Å². The summed E-state index contributed by atoms with van der Waals surface area (Å²) >= 11 is 6.08. The van der Waals surface area contributed by atoms with E-state index in [1.54, 1.807) is 0 Å². The van der Waals surface area contributed by atoms with E-state index in [4.69, 9.17) is 13.7 Å². The fourth-order valence-corrected chi connectivity index (χ4v) is 15.4. The van der Waals surface area contributed by atoms with Crippen LogP contribution in [-0.2, 0) is 9.31 Å². The molecule has 0 saturated carbocycles. The van der Waals surface area contributed by atoms with E-state index in [1.165, 1.54) is 144 Å². The van der Waals surface area contributed by atoms with Gasteiger partial charge in [-0.2, -0.15) is 17.5 Å². The summed E-state index contributed by atoms with van der Waals surface area (Å²) in [5, 5.41) is 19.8. The van der Waals surface area contributed by atoms with Gasteiger partial charge in [0.25, 0.3) is 0 Å². The SMILES string of the molecule is Brc1ccc2c3ccccc3c3nsnc3c2c1.C.CC1(C)OB(c2cccc(-c3cccc(-c4ccc5c(ccc6ccccc65)c4)c3)c2)OC1(C)C.c1cc(-c2cccc(-c3ccc4c5ccccc5c5nsnc5c4c3)c2)cc(-c2ccc3c(ccc4ccccc43)c2)c1. The van der Waals surface area contributed by atoms with Crippen LogP contribution in [0.2, 0.25) is 0 Å². The van der Waals surface area contributed by atoms with Crippen molar-refractivity contribution >= 4 is 160 Å². The normalized spacial score (nSPS) is 13.4. The fourth-order valence-electron chi connectivity index (χ4n) is 13.9. The Hall–Kier alpha value is -10.3. The lowest BCUT2D eigenvalue weighted by molar-refractivity contribution is 0.00578. The summed E-state index contributed by atoms with van der Waals surface area (Å²) in [5.41, 5.74) is 16.3. The van der Waals surface area contributed by atoms with Crippen molar-refractivity contribution in [2.75, 3.05) is 0 Å². The Morgan fingerprint density at radius 2 is 0.577 bits per heavy atom. The molecule has 466 valence electrons. The smallest absolute Gasteiger partial charge is 0.399 e. The van der Waals surface area contributed by atoms with Crippen molar-refractivity contribution in [3.63, 3.8) is 0 Å². The molecule has 0 amide bonds. The average molecular weight is 1350 g/mol. The fraction of sp³-hybridized carbons (Fsp3) is 0.0805. The predicted octanol–water partition coefficient (Wildman–Crippen LogP) is 24.3. The third-order valence-electron chi connectivity index (χ3n) is 19.6. The van der Waals surface area contributed by atoms with Gasteiger partial charge in [0.2, 0.25) is 0 Å². The van der Waals surface area contributed by atoms with Crippen molar-refractivity contribution in [2.45, 2.75) is 46.3 Å². The molecule has 2 aromatic heterocycles. The van der Waals surface area contributed by atoms with Crippen LogP contribution in [0.3, 0.4) is 0 Å². The molecule has 1 aliphatic rings. The third kappa shape index (κ3) is 11.3. The lowest BCUT2D eigenvalue weighted by Crippen LogP contribution is -2.41. The minimum absolute atomic E-state index is 0. The van der Waals surface area contributed by atoms with E-state index >= 15 is 0 Å². The zero-order valence-electron chi connectivity index (χ0n) is 53.1. The van der Waals surface area contributed by atoms with Gasteiger partial charge in [-0.1, -0.05) is 266 Å². The number of fused-ring (bicyclic) bond motifs is 18. The molecule has 10 heteroatoms. The van der Waals surface area contributed by atoms with Gasteiger partial charge in [-0.25, -0.2) is 0 Å². The van der Waals surface area contributed by atoms with Crippen LogP contribution in [0.1, 0.15) is 35.1 Å². The molecule has 97 heavy (non-hydrogen) atoms. The van der Waals surface area contributed by atoms with Gasteiger partial charge >= 0.3 is 7.12 Å². The van der Waals surface area contributed by atoms with Crippen LogP contribution in [0.25, 0.3) is 164 Å². The van der Waals surface area contributed by atoms with Crippen molar-refractivity contribution in [1.82, 2.24) is 17.5 Å². The molecule has 19 rings (SSSR count). The van der Waals surface area contributed by atoms with Gasteiger partial charge in [-0.15, -0.1) is 0 Å². The maximum Gasteiger partial charge on any atom is 0.494 e. The van der Waals surface area contributed by atoms with Crippen LogP contribution in [-0.4, -0.2) is 35.8 Å². The van der Waals surface area contributed by atoms with Gasteiger partial charge in [0, 0.05) is 26.0 Å². The van der Waals surface area contributed by atoms with Crippen LogP contribution in [0.4, 0.5) is 0 Å². The zero-order chi connectivity index (χ0) is 64.7. The molecule has 1 fully saturated rings. The summed E-state index contributed by atoms with van der Waals surface area (Å²) in [7, 11) is -0.363. The van der Waals surface area contributed by atoms with Crippen molar-refractivity contribution in [3.05, 3.63) is 296 Å². The Balaban J connectivity index is 0.000000122. The highest BCUT2D eigenvalue weighted by Gasteiger charge is 2.51. The second-order valence-corrected chi connectivity index (χ2v) is 27.8. The molecule has 0 N–H and O–H groups in total. The van der Waals surface area contributed by atoms with Gasteiger partial charge in [-0.05, 0) is 202 Å². The summed E-state index contributed by atoms with van der Waals surface area (Å²) in [6, 6.07) is 105. The third-order valence-corrected chi connectivity index (χ3v) is 21.1. The zero-order valence-corrected chi connectivity index (χ0v) is 56.3. The van der Waals surface area contributed by atoms with Gasteiger partial charge in [0.05, 0.1) is 34.7 Å². The predicted molar refractivity (Wildman–Crippen MR) is 419 cm³/mol. The quantitative estimate of drug-likeness (QED) is 0.122. The number of benzene rings is 16. The number of nitrogens with zero attached hydrogens (tertiary/aromatic N) is 4. The minimum Gasteiger partial charge on any atom is -0.399 e. The molecule has 0 spiro atoms. The maximum absolute atomic E-state index is 6.28. The second-order valence-electron chi connectivity index (χ2n) is 25.9. The van der Waals surface area contributed by atoms with Crippen LogP contribution in [0, 0.1) is 0 Å². The molecule has 0 atom stereocenters. The first-order valence-electron chi connectivity index (χ1n) is 32.4. The molecule has 6 nitrogen and oxygen atoms in total. The van der Waals surface area contributed by atoms with E-state index in [2.05, 4.69) is 342 Å². The Kier molecular flexibility index (Phi) is 15.9. The summed E-state index contributed by atoms with van der Waals surface area (Å²) in [5.74, 6) is 0. The summed E-state index contributed by atoms with van der Waals surface area (Å²) in [6.07, 6.45) is 0. The van der Waals surface area contributed by atoms with Gasteiger partial charge in [0.1, 0.15) is 22.1 Å². The standard InChI is InChI=1S/C40H24N2S.C32H29BO2.C14H7BrN2S.CH4/c1-2-12-33-25(7-1)15-16-32-23-30(17-19-34(32)33)28-10-5-8-26(21-28)27-9-6-11-29(22-27)31-18-20-36-35-13-3-4-14-37(35)39-40(38(36)24-31)42-43-41-39;1-31(2)32(3,4)35-33(34-31)28-13-8-12-25(21-28)23-10-7-11-24(19-23)26-17-18-30-27(20-26)16-15-22-9-5-6-14-29(22)30;15-8-5-6-10-9-3-1-2-4-11(9)13-14(12(10)7-8)17-18-16-13;/h1-24H;5-21H,1-4H3;1-7H;1H4. The molecule has 3 heterocycles. The Morgan fingerprint density at radius 1 is 0.268 bits per heavy atom. The minimum atomic E-state index is -0.363. The molecule has 0 radical (unpaired) electrons. The lowest BCUT2D eigenvalue weighted by atomic mass is 9.78. The molecule has 0 aliphatic carbocycles. The Labute approximate surface area is 580 Å². The summed E-state index contributed by atoms with van der Waals surface area (Å²) in [4.78, 5) is 0. The molecule has 16 aromatic carbocycles. The average Bonchev–Trinajstić information content (AvgIpc) is 1.77. The second kappa shape index (κ2) is 25.0. The van der Waals surface area contributed by atoms with Gasteiger partial charge in [0.15, 0.2) is 0 Å². The lowest BCUT2D eigenvalue weighted by Gasteiger charge is -2.32. The van der Waals surface area contributed by atoms with E-state index in [0.29, 0.717) is 0 Å². The molecular formula is C87H64BBrN4O2S2. The molecule has 1 saturated heterocycles. The van der Waals surface area contributed by atoms with E-state index in [1.807, 2.05) is 6.07 Å². The number of hydrogen-bond acceptors (Lipinski definition) is 8. The Morgan fingerprint density at radius 3 is 1.03 bits per heavy atom. The van der Waals surface area contributed by atoms with E-state index in [9.17, 15) is 0 Å². The first kappa shape index (κ1) is 61.6. The summed E-state index contributed by atoms with van der Waals surface area (Å²) < 4.78 is 31.9. The number of hydrogen-bond donors (Lipinski definition) is 0. The van der Waals surface area contributed by atoms with E-state index < -0.39 is 0 Å². The van der Waals surface area contributed by atoms with Crippen LogP contribution in [0.15, 0.2) is 296 Å². The van der Waals surface area contributed by atoms with Gasteiger partial charge < -0.3 is 9.31 Å². The monoisotopic (exact) mass is 1350 g/mol. The van der Waals surface area contributed by atoms with Crippen molar-refractivity contribution < 1.29 is 9.31 Å². The molecular weight excluding hydrogens is 1290 g/mol. The summed E-state index contributed by atoms with van der Waals surface area (Å²) in [6.45, 7) is 8.36. The van der Waals surface area contributed by atoms with E-state index in [-0.39, 0.29) is 25.7 Å². The maximum atomic E-state index is 6.28. The number of rotatable bonds is 6. The molecule has 0 unspecified atom stereocenters.